The number of anilines is 1. The number of halogens is 1. The number of hydrogen-bond donors (Lipinski definition) is 1. The number of benzene rings is 2. The molecule has 4 rings (SSSR count). The van der Waals surface area contributed by atoms with Crippen molar-refractivity contribution in [3.8, 4) is 0 Å². The zero-order chi connectivity index (χ0) is 20.9. The van der Waals surface area contributed by atoms with Gasteiger partial charge in [0.15, 0.2) is 0 Å². The van der Waals surface area contributed by atoms with Crippen molar-refractivity contribution >= 4 is 23.2 Å². The minimum absolute atomic E-state index is 0.0289. The Morgan fingerprint density at radius 3 is 2.43 bits per heavy atom. The second-order valence-corrected chi connectivity index (χ2v) is 8.79. The molecule has 2 saturated heterocycles. The van der Waals surface area contributed by atoms with Gasteiger partial charge in [-0.15, -0.1) is 0 Å². The number of rotatable bonds is 6. The van der Waals surface area contributed by atoms with Crippen LogP contribution in [-0.2, 0) is 17.8 Å². The normalized spacial score (nSPS) is 18.1. The number of likely N-dealkylation sites (tertiary alicyclic amines) is 1. The van der Waals surface area contributed by atoms with Gasteiger partial charge >= 0.3 is 0 Å². The summed E-state index contributed by atoms with van der Waals surface area (Å²) in [7, 11) is 0. The summed E-state index contributed by atoms with van der Waals surface area (Å²) in [6, 6.07) is 16.5. The minimum atomic E-state index is 0.0289. The van der Waals surface area contributed by atoms with Gasteiger partial charge in [0.05, 0.1) is 0 Å². The standard InChI is InChI=1S/C25H30ClN3O/c26-22-9-7-19(8-10-22)16-23(27)17-20-11-14-28(15-12-20)24-5-2-1-4-21(24)18-29-13-3-6-25(29)30/h1-2,4-5,7-10,17,23H,3,6,11-16,18,27H2/t23-/m0/s1. The lowest BCUT2D eigenvalue weighted by atomic mass is 9.97. The summed E-state index contributed by atoms with van der Waals surface area (Å²) in [5, 5.41) is 0.757. The highest BCUT2D eigenvalue weighted by atomic mass is 35.5. The molecule has 2 aromatic rings. The lowest BCUT2D eigenvalue weighted by Crippen LogP contribution is -2.33. The number of para-hydroxylation sites is 1. The van der Waals surface area contributed by atoms with Crippen LogP contribution >= 0.6 is 11.6 Å². The number of nitrogens with zero attached hydrogens (tertiary/aromatic N) is 2. The molecule has 0 aromatic heterocycles. The first-order valence-electron chi connectivity index (χ1n) is 10.9. The third kappa shape index (κ3) is 5.24. The lowest BCUT2D eigenvalue weighted by molar-refractivity contribution is -0.128. The Labute approximate surface area is 184 Å². The van der Waals surface area contributed by atoms with Crippen molar-refractivity contribution in [2.75, 3.05) is 24.5 Å². The molecule has 2 aromatic carbocycles. The molecule has 4 nitrogen and oxygen atoms in total. The average Bonchev–Trinajstić information content (AvgIpc) is 3.15. The van der Waals surface area contributed by atoms with E-state index in [4.69, 9.17) is 17.3 Å². The summed E-state index contributed by atoms with van der Waals surface area (Å²) < 4.78 is 0. The molecule has 158 valence electrons. The lowest BCUT2D eigenvalue weighted by Gasteiger charge is -2.33. The van der Waals surface area contributed by atoms with E-state index in [0.29, 0.717) is 6.42 Å². The fourth-order valence-corrected chi connectivity index (χ4v) is 4.61. The zero-order valence-electron chi connectivity index (χ0n) is 17.4. The maximum absolute atomic E-state index is 12.0. The maximum Gasteiger partial charge on any atom is 0.222 e. The molecular formula is C25H30ClN3O. The van der Waals surface area contributed by atoms with Gasteiger partial charge in [0.25, 0.3) is 0 Å². The predicted molar refractivity (Wildman–Crippen MR) is 124 cm³/mol. The van der Waals surface area contributed by atoms with Gasteiger partial charge in [0, 0.05) is 49.4 Å². The molecule has 2 aliphatic heterocycles. The first-order valence-corrected chi connectivity index (χ1v) is 11.3. The molecule has 0 saturated carbocycles. The van der Waals surface area contributed by atoms with Gasteiger partial charge in [-0.3, -0.25) is 4.79 Å². The molecule has 1 atom stereocenters. The van der Waals surface area contributed by atoms with Crippen molar-refractivity contribution in [2.24, 2.45) is 5.73 Å². The number of hydrogen-bond acceptors (Lipinski definition) is 3. The fourth-order valence-electron chi connectivity index (χ4n) is 4.49. The Morgan fingerprint density at radius 2 is 1.73 bits per heavy atom. The van der Waals surface area contributed by atoms with Crippen LogP contribution < -0.4 is 10.6 Å². The molecule has 2 heterocycles. The van der Waals surface area contributed by atoms with Gasteiger partial charge in [-0.2, -0.15) is 0 Å². The second-order valence-electron chi connectivity index (χ2n) is 8.35. The first-order chi connectivity index (χ1) is 14.6. The molecule has 2 aliphatic rings. The van der Waals surface area contributed by atoms with Gasteiger partial charge in [-0.1, -0.05) is 53.6 Å². The molecule has 0 bridgehead atoms. The fraction of sp³-hybridized carbons (Fsp3) is 0.400. The van der Waals surface area contributed by atoms with Crippen LogP contribution in [0.5, 0.6) is 0 Å². The van der Waals surface area contributed by atoms with Crippen molar-refractivity contribution in [3.05, 3.63) is 76.3 Å². The summed E-state index contributed by atoms with van der Waals surface area (Å²) in [5.74, 6) is 0.281. The number of piperidine rings is 1. The van der Waals surface area contributed by atoms with E-state index in [1.807, 2.05) is 29.2 Å². The Bertz CT molecular complexity index is 899. The zero-order valence-corrected chi connectivity index (χ0v) is 18.2. The number of carbonyl (C=O) groups is 1. The molecule has 0 spiro atoms. The summed E-state index contributed by atoms with van der Waals surface area (Å²) >= 11 is 5.97. The van der Waals surface area contributed by atoms with E-state index in [1.165, 1.54) is 22.4 Å². The van der Waals surface area contributed by atoms with Gasteiger partial charge < -0.3 is 15.5 Å². The molecule has 1 amide bonds. The average molecular weight is 424 g/mol. The van der Waals surface area contributed by atoms with Gasteiger partial charge in [-0.25, -0.2) is 0 Å². The minimum Gasteiger partial charge on any atom is -0.371 e. The van der Waals surface area contributed by atoms with Crippen molar-refractivity contribution in [3.63, 3.8) is 0 Å². The van der Waals surface area contributed by atoms with Crippen molar-refractivity contribution in [1.82, 2.24) is 4.90 Å². The summed E-state index contributed by atoms with van der Waals surface area (Å²) in [4.78, 5) is 16.5. The highest BCUT2D eigenvalue weighted by molar-refractivity contribution is 6.30. The van der Waals surface area contributed by atoms with Crippen molar-refractivity contribution in [1.29, 1.82) is 0 Å². The van der Waals surface area contributed by atoms with E-state index in [-0.39, 0.29) is 11.9 Å². The maximum atomic E-state index is 12.0. The predicted octanol–water partition coefficient (Wildman–Crippen LogP) is 4.56. The molecule has 0 unspecified atom stereocenters. The molecule has 0 aliphatic carbocycles. The molecular weight excluding hydrogens is 394 g/mol. The van der Waals surface area contributed by atoms with Gasteiger partial charge in [0.1, 0.15) is 0 Å². The molecule has 2 fully saturated rings. The van der Waals surface area contributed by atoms with E-state index >= 15 is 0 Å². The van der Waals surface area contributed by atoms with Gasteiger partial charge in [0.2, 0.25) is 5.91 Å². The largest absolute Gasteiger partial charge is 0.371 e. The molecule has 30 heavy (non-hydrogen) atoms. The highest BCUT2D eigenvalue weighted by Crippen LogP contribution is 2.28. The Kier molecular flexibility index (Phi) is 6.76. The summed E-state index contributed by atoms with van der Waals surface area (Å²) in [5.41, 5.74) is 11.6. The van der Waals surface area contributed by atoms with Crippen LogP contribution in [0, 0.1) is 0 Å². The Balaban J connectivity index is 1.35. The van der Waals surface area contributed by atoms with E-state index in [1.54, 1.807) is 0 Å². The quantitative estimate of drug-likeness (QED) is 0.693. The van der Waals surface area contributed by atoms with Crippen LogP contribution in [0.25, 0.3) is 0 Å². The number of carbonyl (C=O) groups excluding carboxylic acids is 1. The van der Waals surface area contributed by atoms with E-state index in [9.17, 15) is 4.79 Å². The first kappa shape index (κ1) is 21.0. The summed E-state index contributed by atoms with van der Waals surface area (Å²) in [6.07, 6.45) is 6.82. The highest BCUT2D eigenvalue weighted by Gasteiger charge is 2.23. The van der Waals surface area contributed by atoms with Crippen molar-refractivity contribution < 1.29 is 4.79 Å². The van der Waals surface area contributed by atoms with Crippen LogP contribution in [-0.4, -0.2) is 36.5 Å². The van der Waals surface area contributed by atoms with E-state index < -0.39 is 0 Å². The van der Waals surface area contributed by atoms with E-state index in [0.717, 1.165) is 56.9 Å². The molecule has 2 N–H and O–H groups in total. The summed E-state index contributed by atoms with van der Waals surface area (Å²) in [6.45, 7) is 3.58. The Morgan fingerprint density at radius 1 is 1.00 bits per heavy atom. The smallest absolute Gasteiger partial charge is 0.222 e. The SMILES string of the molecule is N[C@H](C=C1CCN(c2ccccc2CN2CCCC2=O)CC1)Cc1ccc(Cl)cc1. The van der Waals surface area contributed by atoms with Crippen molar-refractivity contribution in [2.45, 2.75) is 44.7 Å². The Hall–Kier alpha value is -2.30. The van der Waals surface area contributed by atoms with E-state index in [2.05, 4.69) is 35.2 Å². The van der Waals surface area contributed by atoms with Gasteiger partial charge in [-0.05, 0) is 55.0 Å². The van der Waals surface area contributed by atoms with Crippen LogP contribution in [0.2, 0.25) is 5.02 Å². The number of nitrogens with two attached hydrogens (primary N) is 1. The van der Waals surface area contributed by atoms with Crippen LogP contribution in [0.1, 0.15) is 36.8 Å². The third-order valence-corrected chi connectivity index (χ3v) is 6.36. The topological polar surface area (TPSA) is 49.6 Å². The molecule has 5 heteroatoms. The van der Waals surface area contributed by atoms with Crippen LogP contribution in [0.15, 0.2) is 60.2 Å². The van der Waals surface area contributed by atoms with Crippen LogP contribution in [0.3, 0.4) is 0 Å². The molecule has 0 radical (unpaired) electrons. The third-order valence-electron chi connectivity index (χ3n) is 6.10. The van der Waals surface area contributed by atoms with Crippen LogP contribution in [0.4, 0.5) is 5.69 Å². The number of amides is 1. The second kappa shape index (κ2) is 9.67. The monoisotopic (exact) mass is 423 g/mol.